The molecule has 0 unspecified atom stereocenters. The first-order valence-corrected chi connectivity index (χ1v) is 10.6. The number of piperazine rings is 1. The molecule has 0 atom stereocenters. The zero-order valence-corrected chi connectivity index (χ0v) is 16.0. The summed E-state index contributed by atoms with van der Waals surface area (Å²) < 4.78 is 26.9. The van der Waals surface area contributed by atoms with Gasteiger partial charge in [0.05, 0.1) is 6.54 Å². The highest BCUT2D eigenvalue weighted by Gasteiger charge is 2.26. The second-order valence-corrected chi connectivity index (χ2v) is 8.69. The maximum absolute atomic E-state index is 12.7. The molecule has 2 fully saturated rings. The van der Waals surface area contributed by atoms with E-state index < -0.39 is 10.0 Å². The summed E-state index contributed by atoms with van der Waals surface area (Å²) in [4.78, 5) is 20.3. The minimum absolute atomic E-state index is 0.0175. The van der Waals surface area contributed by atoms with Crippen LogP contribution in [0.4, 0.5) is 5.82 Å². The van der Waals surface area contributed by atoms with E-state index >= 15 is 0 Å². The van der Waals surface area contributed by atoms with Crippen LogP contribution < -0.4 is 10.2 Å². The fourth-order valence-corrected chi connectivity index (χ4v) is 4.85. The summed E-state index contributed by atoms with van der Waals surface area (Å²) in [6.07, 6.45) is 4.40. The third-order valence-electron chi connectivity index (χ3n) is 5.02. The van der Waals surface area contributed by atoms with Crippen molar-refractivity contribution in [1.29, 1.82) is 0 Å². The molecule has 0 aromatic carbocycles. The van der Waals surface area contributed by atoms with Crippen molar-refractivity contribution in [3.05, 3.63) is 18.3 Å². The second-order valence-electron chi connectivity index (χ2n) is 6.75. The molecule has 3 heterocycles. The number of carbonyl (C=O) groups excluding carboxylic acids is 1. The fourth-order valence-electron chi connectivity index (χ4n) is 3.38. The van der Waals surface area contributed by atoms with Crippen molar-refractivity contribution < 1.29 is 13.2 Å². The molecule has 1 aromatic heterocycles. The molecule has 0 bridgehead atoms. The molecule has 0 aliphatic carbocycles. The third-order valence-corrected chi connectivity index (χ3v) is 6.90. The van der Waals surface area contributed by atoms with Crippen LogP contribution in [-0.2, 0) is 14.8 Å². The average molecular weight is 382 g/mol. The van der Waals surface area contributed by atoms with E-state index in [1.54, 1.807) is 23.5 Å². The van der Waals surface area contributed by atoms with Gasteiger partial charge >= 0.3 is 0 Å². The van der Waals surface area contributed by atoms with E-state index in [2.05, 4.69) is 20.1 Å². The standard InChI is InChI=1S/C17H27N5O3S/c1-18-17(23)14-20-9-11-21(12-10-20)16-6-5-15(13-19-16)26(24,25)22-7-3-2-4-8-22/h5-6,13H,2-4,7-12,14H2,1H3,(H,18,23). The molecule has 1 amide bonds. The predicted octanol–water partition coefficient (Wildman–Crippen LogP) is 0.124. The number of nitrogens with one attached hydrogen (secondary N) is 1. The van der Waals surface area contributed by atoms with Crippen molar-refractivity contribution >= 4 is 21.7 Å². The number of amides is 1. The molecule has 9 heteroatoms. The molecule has 0 saturated carbocycles. The Hall–Kier alpha value is -1.71. The summed E-state index contributed by atoms with van der Waals surface area (Å²) in [7, 11) is -1.79. The zero-order valence-electron chi connectivity index (χ0n) is 15.2. The minimum Gasteiger partial charge on any atom is -0.358 e. The van der Waals surface area contributed by atoms with E-state index in [1.807, 2.05) is 0 Å². The predicted molar refractivity (Wildman–Crippen MR) is 99.6 cm³/mol. The van der Waals surface area contributed by atoms with E-state index in [1.165, 1.54) is 6.20 Å². The quantitative estimate of drug-likeness (QED) is 0.780. The number of hydrogen-bond acceptors (Lipinski definition) is 6. The molecule has 0 spiro atoms. The average Bonchev–Trinajstić information content (AvgIpc) is 2.69. The number of pyridine rings is 1. The molecule has 0 radical (unpaired) electrons. The van der Waals surface area contributed by atoms with Crippen LogP contribution >= 0.6 is 0 Å². The van der Waals surface area contributed by atoms with Crippen molar-refractivity contribution in [1.82, 2.24) is 19.5 Å². The Morgan fingerprint density at radius 3 is 2.35 bits per heavy atom. The summed E-state index contributed by atoms with van der Waals surface area (Å²) in [6, 6.07) is 3.44. The van der Waals surface area contributed by atoms with Crippen LogP contribution in [0, 0.1) is 0 Å². The topological polar surface area (TPSA) is 85.8 Å². The van der Waals surface area contributed by atoms with Gasteiger partial charge in [-0.2, -0.15) is 4.31 Å². The Bertz CT molecular complexity index is 708. The lowest BCUT2D eigenvalue weighted by Crippen LogP contribution is -2.49. The second kappa shape index (κ2) is 8.32. The van der Waals surface area contributed by atoms with Crippen molar-refractivity contribution in [2.45, 2.75) is 24.2 Å². The molecule has 2 saturated heterocycles. The Kier molecular flexibility index (Phi) is 6.10. The molecule has 2 aliphatic rings. The number of hydrogen-bond donors (Lipinski definition) is 1. The number of carbonyl (C=O) groups is 1. The van der Waals surface area contributed by atoms with Crippen LogP contribution in [0.2, 0.25) is 0 Å². The van der Waals surface area contributed by atoms with Crippen LogP contribution in [0.3, 0.4) is 0 Å². The van der Waals surface area contributed by atoms with Crippen molar-refractivity contribution in [2.24, 2.45) is 0 Å². The number of nitrogens with zero attached hydrogens (tertiary/aromatic N) is 4. The van der Waals surface area contributed by atoms with Crippen LogP contribution in [0.1, 0.15) is 19.3 Å². The van der Waals surface area contributed by atoms with E-state index in [0.717, 1.165) is 51.3 Å². The van der Waals surface area contributed by atoms with Crippen LogP contribution in [0.5, 0.6) is 0 Å². The molecular weight excluding hydrogens is 354 g/mol. The van der Waals surface area contributed by atoms with Crippen molar-refractivity contribution in [3.63, 3.8) is 0 Å². The summed E-state index contributed by atoms with van der Waals surface area (Å²) in [5, 5.41) is 2.64. The Balaban J connectivity index is 1.60. The molecule has 1 N–H and O–H groups in total. The van der Waals surface area contributed by atoms with Gasteiger partial charge in [-0.05, 0) is 25.0 Å². The third kappa shape index (κ3) is 4.33. The van der Waals surface area contributed by atoms with E-state index in [9.17, 15) is 13.2 Å². The summed E-state index contributed by atoms with van der Waals surface area (Å²) >= 11 is 0. The monoisotopic (exact) mass is 381 g/mol. The molecular formula is C17H27N5O3S. The zero-order chi connectivity index (χ0) is 18.6. The van der Waals surface area contributed by atoms with Crippen LogP contribution in [0.15, 0.2) is 23.2 Å². The fraction of sp³-hybridized carbons (Fsp3) is 0.647. The number of rotatable bonds is 5. The molecule has 3 rings (SSSR count). The lowest BCUT2D eigenvalue weighted by atomic mass is 10.2. The van der Waals surface area contributed by atoms with Crippen molar-refractivity contribution in [3.8, 4) is 0 Å². The van der Waals surface area contributed by atoms with Gasteiger partial charge in [-0.15, -0.1) is 0 Å². The van der Waals surface area contributed by atoms with Gasteiger partial charge in [0, 0.05) is 52.5 Å². The number of aromatic nitrogens is 1. The van der Waals surface area contributed by atoms with Gasteiger partial charge in [-0.1, -0.05) is 6.42 Å². The highest BCUT2D eigenvalue weighted by molar-refractivity contribution is 7.89. The first-order chi connectivity index (χ1) is 12.5. The van der Waals surface area contributed by atoms with Gasteiger partial charge in [0.15, 0.2) is 0 Å². The summed E-state index contributed by atoms with van der Waals surface area (Å²) in [5.41, 5.74) is 0. The van der Waals surface area contributed by atoms with Gasteiger partial charge in [0.2, 0.25) is 15.9 Å². The first kappa shape index (κ1) is 19.1. The first-order valence-electron chi connectivity index (χ1n) is 9.15. The Morgan fingerprint density at radius 2 is 1.77 bits per heavy atom. The minimum atomic E-state index is -3.44. The highest BCUT2D eigenvalue weighted by Crippen LogP contribution is 2.22. The number of likely N-dealkylation sites (N-methyl/N-ethyl adjacent to an activating group) is 1. The lowest BCUT2D eigenvalue weighted by Gasteiger charge is -2.35. The Morgan fingerprint density at radius 1 is 1.08 bits per heavy atom. The highest BCUT2D eigenvalue weighted by atomic mass is 32.2. The summed E-state index contributed by atoms with van der Waals surface area (Å²) in [6.45, 7) is 4.69. The number of piperidine rings is 1. The summed E-state index contributed by atoms with van der Waals surface area (Å²) in [5.74, 6) is 0.797. The smallest absolute Gasteiger partial charge is 0.244 e. The van der Waals surface area contributed by atoms with Gasteiger partial charge in [0.1, 0.15) is 10.7 Å². The molecule has 1 aromatic rings. The van der Waals surface area contributed by atoms with E-state index in [0.29, 0.717) is 19.6 Å². The van der Waals surface area contributed by atoms with Gasteiger partial charge in [-0.25, -0.2) is 13.4 Å². The lowest BCUT2D eigenvalue weighted by molar-refractivity contribution is -0.121. The number of anilines is 1. The van der Waals surface area contributed by atoms with E-state index in [-0.39, 0.29) is 10.8 Å². The van der Waals surface area contributed by atoms with Crippen LogP contribution in [-0.4, -0.2) is 81.4 Å². The molecule has 144 valence electrons. The number of sulfonamides is 1. The van der Waals surface area contributed by atoms with Gasteiger partial charge < -0.3 is 10.2 Å². The van der Waals surface area contributed by atoms with Gasteiger partial charge in [0.25, 0.3) is 0 Å². The van der Waals surface area contributed by atoms with E-state index in [4.69, 9.17) is 0 Å². The Labute approximate surface area is 155 Å². The molecule has 26 heavy (non-hydrogen) atoms. The van der Waals surface area contributed by atoms with Gasteiger partial charge in [-0.3, -0.25) is 9.69 Å². The van der Waals surface area contributed by atoms with Crippen molar-refractivity contribution in [2.75, 3.05) is 57.8 Å². The maximum Gasteiger partial charge on any atom is 0.244 e. The SMILES string of the molecule is CNC(=O)CN1CCN(c2ccc(S(=O)(=O)N3CCCCC3)cn2)CC1. The molecule has 2 aliphatic heterocycles. The molecule has 8 nitrogen and oxygen atoms in total. The van der Waals surface area contributed by atoms with Crippen LogP contribution in [0.25, 0.3) is 0 Å². The largest absolute Gasteiger partial charge is 0.358 e. The normalized spacial score (nSPS) is 20.1. The maximum atomic E-state index is 12.7.